The van der Waals surface area contributed by atoms with E-state index in [4.69, 9.17) is 0 Å². The Morgan fingerprint density at radius 1 is 0.862 bits per heavy atom. The van der Waals surface area contributed by atoms with E-state index in [-0.39, 0.29) is 42.8 Å². The summed E-state index contributed by atoms with van der Waals surface area (Å²) in [5, 5.41) is 20.9. The topological polar surface area (TPSA) is 217 Å². The van der Waals surface area contributed by atoms with Crippen molar-refractivity contribution < 1.29 is 38.7 Å². The van der Waals surface area contributed by atoms with Crippen molar-refractivity contribution in [1.29, 1.82) is 0 Å². The van der Waals surface area contributed by atoms with Gasteiger partial charge in [0.05, 0.1) is 12.2 Å². The lowest BCUT2D eigenvalue weighted by molar-refractivity contribution is -0.147. The Morgan fingerprint density at radius 3 is 2.22 bits per heavy atom. The number of benzene rings is 1. The summed E-state index contributed by atoms with van der Waals surface area (Å²) >= 11 is 0. The largest absolute Gasteiger partial charge is 0.480 e. The van der Waals surface area contributed by atoms with E-state index in [2.05, 4.69) is 31.2 Å². The summed E-state index contributed by atoms with van der Waals surface area (Å²) in [4.78, 5) is 105. The maximum Gasteiger partial charge on any atom is 0.326 e. The minimum absolute atomic E-state index is 0.0275. The number of hydrogen-bond acceptors (Lipinski definition) is 9. The van der Waals surface area contributed by atoms with Gasteiger partial charge in [0, 0.05) is 25.4 Å². The van der Waals surface area contributed by atoms with E-state index in [0.717, 1.165) is 44.9 Å². The van der Waals surface area contributed by atoms with Gasteiger partial charge in [-0.15, -0.1) is 0 Å². The van der Waals surface area contributed by atoms with Crippen molar-refractivity contribution in [2.45, 2.75) is 135 Å². The molecule has 3 aliphatic rings. The number of fused-ring (bicyclic) bond motifs is 1. The van der Waals surface area contributed by atoms with Gasteiger partial charge < -0.3 is 31.3 Å². The number of carboxylic acid groups (broad SMARTS) is 1. The lowest BCUT2D eigenvalue weighted by Gasteiger charge is -2.38. The number of hydrogen-bond donors (Lipinski definition) is 5. The molecule has 2 aromatic rings. The first-order valence-electron chi connectivity index (χ1n) is 20.8. The van der Waals surface area contributed by atoms with Gasteiger partial charge in [0.15, 0.2) is 0 Å². The summed E-state index contributed by atoms with van der Waals surface area (Å²) in [6.45, 7) is 7.68. The van der Waals surface area contributed by atoms with Gasteiger partial charge in [0.1, 0.15) is 29.9 Å². The zero-order chi connectivity index (χ0) is 42.0. The predicted molar refractivity (Wildman–Crippen MR) is 214 cm³/mol. The molecule has 58 heavy (non-hydrogen) atoms. The normalized spacial score (nSPS) is 21.4. The van der Waals surface area contributed by atoms with Crippen LogP contribution in [0.2, 0.25) is 0 Å². The molecule has 4 unspecified atom stereocenters. The number of nitrogens with one attached hydrogen (secondary N) is 4. The summed E-state index contributed by atoms with van der Waals surface area (Å²) in [5.41, 5.74) is -0.0777. The summed E-state index contributed by atoms with van der Waals surface area (Å²) in [6, 6.07) is 3.14. The summed E-state index contributed by atoms with van der Waals surface area (Å²) in [7, 11) is 0. The highest BCUT2D eigenvalue weighted by molar-refractivity contribution is 6.38. The zero-order valence-corrected chi connectivity index (χ0v) is 34.1. The minimum atomic E-state index is -1.37. The fraction of sp³-hybridized carbons (Fsp3) is 0.605. The van der Waals surface area contributed by atoms with Gasteiger partial charge >= 0.3 is 5.97 Å². The Hall–Kier alpha value is -5.21. The van der Waals surface area contributed by atoms with Gasteiger partial charge in [-0.25, -0.2) is 9.78 Å². The molecule has 1 aromatic carbocycles. The molecular formula is C43H59N7O8. The van der Waals surface area contributed by atoms with E-state index in [1.807, 2.05) is 27.7 Å². The maximum absolute atomic E-state index is 14.8. The number of amides is 5. The van der Waals surface area contributed by atoms with Crippen LogP contribution in [0.3, 0.4) is 0 Å². The molecule has 1 saturated heterocycles. The van der Waals surface area contributed by atoms with Crippen molar-refractivity contribution in [3.63, 3.8) is 0 Å². The number of aromatic nitrogens is 2. The number of aliphatic carboxylic acids is 1. The summed E-state index contributed by atoms with van der Waals surface area (Å²) in [5.74, 6) is -5.76. The average Bonchev–Trinajstić information content (AvgIpc) is 3.82. The third-order valence-corrected chi connectivity index (χ3v) is 11.9. The van der Waals surface area contributed by atoms with Crippen molar-refractivity contribution in [2.75, 3.05) is 6.54 Å². The van der Waals surface area contributed by atoms with Crippen LogP contribution >= 0.6 is 0 Å². The monoisotopic (exact) mass is 801 g/mol. The number of ketones is 1. The Kier molecular flexibility index (Phi) is 15.1. The van der Waals surface area contributed by atoms with Crippen LogP contribution in [0.15, 0.2) is 48.9 Å². The maximum atomic E-state index is 14.8. The standard InChI is InChI=1S/C43H59N7O8/c1-5-6-20-30(35(51)40(55)47-31(42(57)58)23-26-14-9-7-10-15-26)46-39(54)34-29-19-13-18-28(29)25-50(34)41(56)36(43(2,3)4)49-38(53)33(27-16-11-8-12-17-27)48-37(52)32-24-44-21-22-45-32/h7,9-10,14-15,21-22,24,27-31,33-34,36H,5-6,8,11-13,16-20,23,25H2,1-4H3,(H,46,54)(H,47,55)(H,48,52)(H,49,53)(H,57,58)/t28-,29-,30?,31-,33?,34?,36?/m0/s1. The highest BCUT2D eigenvalue weighted by Crippen LogP contribution is 2.43. The van der Waals surface area contributed by atoms with Crippen LogP contribution in [0, 0.1) is 23.2 Å². The number of Topliss-reactive ketones (excluding diaryl/α,β-unsaturated/α-hetero) is 1. The number of carboxylic acids is 1. The van der Waals surface area contributed by atoms with Gasteiger partial charge in [-0.1, -0.05) is 96.6 Å². The Morgan fingerprint density at radius 2 is 1.59 bits per heavy atom. The van der Waals surface area contributed by atoms with Crippen molar-refractivity contribution >= 4 is 41.3 Å². The molecule has 7 atom stereocenters. The minimum Gasteiger partial charge on any atom is -0.480 e. The average molecular weight is 802 g/mol. The Bertz CT molecular complexity index is 1780. The Balaban J connectivity index is 1.35. The van der Waals surface area contributed by atoms with E-state index in [1.165, 1.54) is 23.5 Å². The molecular weight excluding hydrogens is 743 g/mol. The molecule has 2 aliphatic carbocycles. The number of rotatable bonds is 17. The van der Waals surface area contributed by atoms with Crippen LogP contribution in [-0.4, -0.2) is 98.0 Å². The molecule has 0 radical (unpaired) electrons. The molecule has 314 valence electrons. The quantitative estimate of drug-likeness (QED) is 0.147. The van der Waals surface area contributed by atoms with Gasteiger partial charge in [0.25, 0.3) is 11.8 Å². The van der Waals surface area contributed by atoms with Gasteiger partial charge in [-0.3, -0.25) is 33.8 Å². The van der Waals surface area contributed by atoms with E-state index in [0.29, 0.717) is 24.8 Å². The van der Waals surface area contributed by atoms with Crippen molar-refractivity contribution in [3.8, 4) is 0 Å². The predicted octanol–water partition coefficient (Wildman–Crippen LogP) is 3.37. The molecule has 15 nitrogen and oxygen atoms in total. The van der Waals surface area contributed by atoms with Gasteiger partial charge in [0.2, 0.25) is 23.5 Å². The van der Waals surface area contributed by atoms with E-state index >= 15 is 0 Å². The number of nitrogens with zero attached hydrogens (tertiary/aromatic N) is 3. The number of carbonyl (C=O) groups is 7. The van der Waals surface area contributed by atoms with Crippen molar-refractivity contribution in [3.05, 3.63) is 60.2 Å². The van der Waals surface area contributed by atoms with Gasteiger partial charge in [-0.2, -0.15) is 0 Å². The molecule has 1 aromatic heterocycles. The van der Waals surface area contributed by atoms with Crippen LogP contribution in [0.4, 0.5) is 0 Å². The van der Waals surface area contributed by atoms with Gasteiger partial charge in [-0.05, 0) is 60.8 Å². The highest BCUT2D eigenvalue weighted by atomic mass is 16.4. The van der Waals surface area contributed by atoms with Crippen LogP contribution in [-0.2, 0) is 35.2 Å². The third-order valence-electron chi connectivity index (χ3n) is 11.9. The first-order chi connectivity index (χ1) is 27.7. The van der Waals surface area contributed by atoms with Crippen LogP contribution in [0.1, 0.15) is 114 Å². The van der Waals surface area contributed by atoms with Crippen LogP contribution in [0.25, 0.3) is 0 Å². The number of unbranched alkanes of at least 4 members (excludes halogenated alkanes) is 1. The molecule has 0 spiro atoms. The Labute approximate surface area is 340 Å². The van der Waals surface area contributed by atoms with Crippen LogP contribution in [0.5, 0.6) is 0 Å². The van der Waals surface area contributed by atoms with Crippen molar-refractivity contribution in [2.24, 2.45) is 23.2 Å². The zero-order valence-electron chi connectivity index (χ0n) is 34.1. The SMILES string of the molecule is CCCCC(NC(=O)C1[C@H]2CCC[C@H]2CN1C(=O)C(NC(=O)C(NC(=O)c1cnccn1)C1CCCCC1)C(C)(C)C)C(=O)C(=O)N[C@@H](Cc1ccccc1)C(=O)O. The molecule has 5 amide bonds. The summed E-state index contributed by atoms with van der Waals surface area (Å²) in [6.07, 6.45) is 12.1. The fourth-order valence-corrected chi connectivity index (χ4v) is 8.78. The van der Waals surface area contributed by atoms with Crippen LogP contribution < -0.4 is 21.3 Å². The van der Waals surface area contributed by atoms with Crippen molar-refractivity contribution in [1.82, 2.24) is 36.1 Å². The molecule has 5 N–H and O–H groups in total. The second-order valence-corrected chi connectivity index (χ2v) is 17.2. The summed E-state index contributed by atoms with van der Waals surface area (Å²) < 4.78 is 0. The number of carbonyl (C=O) groups excluding carboxylic acids is 6. The lowest BCUT2D eigenvalue weighted by atomic mass is 9.82. The fourth-order valence-electron chi connectivity index (χ4n) is 8.78. The first-order valence-corrected chi connectivity index (χ1v) is 20.8. The molecule has 3 fully saturated rings. The second kappa shape index (κ2) is 20.0. The molecule has 0 bridgehead atoms. The molecule has 2 saturated carbocycles. The molecule has 15 heteroatoms. The van der Waals surface area contributed by atoms with E-state index < -0.39 is 76.9 Å². The number of likely N-dealkylation sites (tertiary alicyclic amines) is 1. The molecule has 1 aliphatic heterocycles. The smallest absolute Gasteiger partial charge is 0.326 e. The highest BCUT2D eigenvalue weighted by Gasteiger charge is 2.52. The first kappa shape index (κ1) is 43.9. The lowest BCUT2D eigenvalue weighted by Crippen LogP contribution is -2.62. The molecule has 2 heterocycles. The second-order valence-electron chi connectivity index (χ2n) is 17.2. The third kappa shape index (κ3) is 11.0. The van der Waals surface area contributed by atoms with E-state index in [9.17, 15) is 38.7 Å². The van der Waals surface area contributed by atoms with E-state index in [1.54, 1.807) is 30.3 Å². The molecule has 5 rings (SSSR count).